The lowest BCUT2D eigenvalue weighted by Crippen LogP contribution is -2.34. The maximum Gasteiger partial charge on any atom is 0.316 e. The van der Waals surface area contributed by atoms with Crippen LogP contribution in [0.3, 0.4) is 0 Å². The van der Waals surface area contributed by atoms with Crippen LogP contribution in [-0.4, -0.2) is 31.6 Å². The van der Waals surface area contributed by atoms with Gasteiger partial charge in [0.15, 0.2) is 0 Å². The minimum atomic E-state index is -0.0142. The molecule has 0 spiro atoms. The van der Waals surface area contributed by atoms with Gasteiger partial charge in [-0.3, -0.25) is 0 Å². The number of benzene rings is 1. The molecule has 0 unspecified atom stereocenters. The van der Waals surface area contributed by atoms with Gasteiger partial charge in [0.1, 0.15) is 0 Å². The number of carbonyl (C=O) groups excluding carboxylic acids is 1. The topological polar surface area (TPSA) is 32.3 Å². The Morgan fingerprint density at radius 3 is 2.50 bits per heavy atom. The molecule has 0 aliphatic rings. The van der Waals surface area contributed by atoms with E-state index in [4.69, 9.17) is 0 Å². The number of unbranched alkanes of at least 4 members (excludes halogenated alkanes) is 1. The number of aryl methyl sites for hydroxylation is 1. The van der Waals surface area contributed by atoms with Crippen LogP contribution in [-0.2, 0) is 6.42 Å². The summed E-state index contributed by atoms with van der Waals surface area (Å²) in [5, 5.41) is 2.86. The van der Waals surface area contributed by atoms with E-state index in [1.54, 1.807) is 19.0 Å². The van der Waals surface area contributed by atoms with Gasteiger partial charge in [0.25, 0.3) is 0 Å². The summed E-state index contributed by atoms with van der Waals surface area (Å²) < 4.78 is 0. The number of hydrogen-bond acceptors (Lipinski definition) is 1. The van der Waals surface area contributed by atoms with E-state index in [1.807, 2.05) is 6.07 Å². The standard InChI is InChI=1S/C13H20N2O/c1-15(2)13(16)14-11-7-6-10-12-8-4-3-5-9-12/h3-5,8-9H,6-7,10-11H2,1-2H3,(H,14,16). The van der Waals surface area contributed by atoms with E-state index in [0.717, 1.165) is 25.8 Å². The van der Waals surface area contributed by atoms with Crippen LogP contribution in [0.1, 0.15) is 18.4 Å². The average Bonchev–Trinajstić information content (AvgIpc) is 2.29. The van der Waals surface area contributed by atoms with Crippen LogP contribution in [0.4, 0.5) is 4.79 Å². The third kappa shape index (κ3) is 4.82. The van der Waals surface area contributed by atoms with E-state index >= 15 is 0 Å². The minimum Gasteiger partial charge on any atom is -0.338 e. The molecular formula is C13H20N2O. The first kappa shape index (κ1) is 12.6. The molecule has 0 atom stereocenters. The molecule has 0 bridgehead atoms. The lowest BCUT2D eigenvalue weighted by Gasteiger charge is -2.11. The Morgan fingerprint density at radius 1 is 1.19 bits per heavy atom. The Hall–Kier alpha value is -1.51. The predicted octanol–water partition coefficient (Wildman–Crippen LogP) is 2.28. The summed E-state index contributed by atoms with van der Waals surface area (Å²) in [6, 6.07) is 10.4. The number of hydrogen-bond donors (Lipinski definition) is 1. The van der Waals surface area contributed by atoms with E-state index in [2.05, 4.69) is 29.6 Å². The Kier molecular flexibility index (Phi) is 5.40. The van der Waals surface area contributed by atoms with Gasteiger partial charge < -0.3 is 10.2 Å². The molecule has 2 amide bonds. The van der Waals surface area contributed by atoms with Gasteiger partial charge in [0.05, 0.1) is 0 Å². The molecule has 1 aromatic carbocycles. The fourth-order valence-electron chi connectivity index (χ4n) is 1.45. The second-order valence-electron chi connectivity index (χ2n) is 4.07. The molecule has 0 aliphatic heterocycles. The first-order chi connectivity index (χ1) is 7.70. The van der Waals surface area contributed by atoms with Crippen LogP contribution in [0, 0.1) is 0 Å². The molecule has 0 aliphatic carbocycles. The second-order valence-corrected chi connectivity index (χ2v) is 4.07. The Balaban J connectivity index is 2.07. The van der Waals surface area contributed by atoms with Gasteiger partial charge in [-0.05, 0) is 24.8 Å². The largest absolute Gasteiger partial charge is 0.338 e. The Bertz CT molecular complexity index is 309. The van der Waals surface area contributed by atoms with Gasteiger partial charge in [-0.2, -0.15) is 0 Å². The van der Waals surface area contributed by atoms with Crippen LogP contribution >= 0.6 is 0 Å². The number of rotatable bonds is 5. The van der Waals surface area contributed by atoms with E-state index in [1.165, 1.54) is 5.56 Å². The lowest BCUT2D eigenvalue weighted by atomic mass is 10.1. The molecule has 1 aromatic rings. The van der Waals surface area contributed by atoms with Crippen molar-refractivity contribution >= 4 is 6.03 Å². The fourth-order valence-corrected chi connectivity index (χ4v) is 1.45. The highest BCUT2D eigenvalue weighted by molar-refractivity contribution is 5.73. The van der Waals surface area contributed by atoms with E-state index in [0.29, 0.717) is 0 Å². The van der Waals surface area contributed by atoms with Crippen molar-refractivity contribution in [1.29, 1.82) is 0 Å². The van der Waals surface area contributed by atoms with Crippen molar-refractivity contribution in [3.05, 3.63) is 35.9 Å². The van der Waals surface area contributed by atoms with Crippen molar-refractivity contribution in [2.75, 3.05) is 20.6 Å². The van der Waals surface area contributed by atoms with Crippen molar-refractivity contribution in [3.8, 4) is 0 Å². The molecule has 0 heterocycles. The van der Waals surface area contributed by atoms with Gasteiger partial charge in [-0.1, -0.05) is 30.3 Å². The third-order valence-electron chi connectivity index (χ3n) is 2.42. The molecule has 88 valence electrons. The third-order valence-corrected chi connectivity index (χ3v) is 2.42. The van der Waals surface area contributed by atoms with Crippen molar-refractivity contribution in [2.24, 2.45) is 0 Å². The maximum atomic E-state index is 11.2. The SMILES string of the molecule is CN(C)C(=O)NCCCCc1ccccc1. The van der Waals surface area contributed by atoms with Crippen LogP contribution < -0.4 is 5.32 Å². The number of amides is 2. The predicted molar refractivity (Wildman–Crippen MR) is 66.5 cm³/mol. The lowest BCUT2D eigenvalue weighted by molar-refractivity contribution is 0.217. The van der Waals surface area contributed by atoms with Gasteiger partial charge >= 0.3 is 6.03 Å². The zero-order valence-corrected chi connectivity index (χ0v) is 10.1. The molecule has 0 radical (unpaired) electrons. The molecule has 3 nitrogen and oxygen atoms in total. The summed E-state index contributed by atoms with van der Waals surface area (Å²) in [5.41, 5.74) is 1.36. The molecule has 1 rings (SSSR count). The summed E-state index contributed by atoms with van der Waals surface area (Å²) in [4.78, 5) is 12.7. The highest BCUT2D eigenvalue weighted by atomic mass is 16.2. The van der Waals surface area contributed by atoms with Gasteiger partial charge in [-0.25, -0.2) is 4.79 Å². The normalized spacial score (nSPS) is 9.88. The number of urea groups is 1. The first-order valence-electron chi connectivity index (χ1n) is 5.69. The molecule has 0 aromatic heterocycles. The van der Waals surface area contributed by atoms with E-state index in [9.17, 15) is 4.79 Å². The quantitative estimate of drug-likeness (QED) is 0.759. The zero-order chi connectivity index (χ0) is 11.8. The number of carbonyl (C=O) groups is 1. The fraction of sp³-hybridized carbons (Fsp3) is 0.462. The molecular weight excluding hydrogens is 200 g/mol. The molecule has 0 fully saturated rings. The zero-order valence-electron chi connectivity index (χ0n) is 10.1. The highest BCUT2D eigenvalue weighted by Crippen LogP contribution is 2.03. The van der Waals surface area contributed by atoms with Crippen molar-refractivity contribution in [1.82, 2.24) is 10.2 Å². The summed E-state index contributed by atoms with van der Waals surface area (Å²) >= 11 is 0. The maximum absolute atomic E-state index is 11.2. The van der Waals surface area contributed by atoms with Crippen molar-refractivity contribution in [3.63, 3.8) is 0 Å². The molecule has 16 heavy (non-hydrogen) atoms. The van der Waals surface area contributed by atoms with Crippen molar-refractivity contribution in [2.45, 2.75) is 19.3 Å². The number of nitrogens with zero attached hydrogens (tertiary/aromatic N) is 1. The van der Waals surface area contributed by atoms with Gasteiger partial charge in [0, 0.05) is 20.6 Å². The second kappa shape index (κ2) is 6.88. The first-order valence-corrected chi connectivity index (χ1v) is 5.69. The molecule has 0 saturated heterocycles. The smallest absolute Gasteiger partial charge is 0.316 e. The molecule has 1 N–H and O–H groups in total. The Labute approximate surface area is 97.5 Å². The number of nitrogens with one attached hydrogen (secondary N) is 1. The summed E-state index contributed by atoms with van der Waals surface area (Å²) in [5.74, 6) is 0. The highest BCUT2D eigenvalue weighted by Gasteiger charge is 2.00. The average molecular weight is 220 g/mol. The van der Waals surface area contributed by atoms with Gasteiger partial charge in [-0.15, -0.1) is 0 Å². The monoisotopic (exact) mass is 220 g/mol. The van der Waals surface area contributed by atoms with E-state index in [-0.39, 0.29) is 6.03 Å². The van der Waals surface area contributed by atoms with Crippen LogP contribution in [0.25, 0.3) is 0 Å². The van der Waals surface area contributed by atoms with Crippen LogP contribution in [0.15, 0.2) is 30.3 Å². The van der Waals surface area contributed by atoms with Crippen LogP contribution in [0.5, 0.6) is 0 Å². The summed E-state index contributed by atoms with van der Waals surface area (Å²) in [6.07, 6.45) is 3.21. The van der Waals surface area contributed by atoms with E-state index < -0.39 is 0 Å². The summed E-state index contributed by atoms with van der Waals surface area (Å²) in [6.45, 7) is 0.754. The Morgan fingerprint density at radius 2 is 1.88 bits per heavy atom. The molecule has 0 saturated carbocycles. The molecule has 3 heteroatoms. The van der Waals surface area contributed by atoms with Crippen LogP contribution in [0.2, 0.25) is 0 Å². The minimum absolute atomic E-state index is 0.0142. The van der Waals surface area contributed by atoms with Gasteiger partial charge in [0.2, 0.25) is 0 Å². The van der Waals surface area contributed by atoms with Crippen molar-refractivity contribution < 1.29 is 4.79 Å². The summed E-state index contributed by atoms with van der Waals surface area (Å²) in [7, 11) is 3.50.